The van der Waals surface area contributed by atoms with Crippen molar-refractivity contribution in [2.24, 2.45) is 17.6 Å². The molecule has 2 fully saturated rings. The maximum absolute atomic E-state index is 6.32. The third kappa shape index (κ3) is 3.69. The van der Waals surface area contributed by atoms with E-state index in [1.807, 2.05) is 7.11 Å². The molecular weight excluding hydrogens is 224 g/mol. The summed E-state index contributed by atoms with van der Waals surface area (Å²) in [5.74, 6) is 1.64. The van der Waals surface area contributed by atoms with E-state index in [2.05, 4.69) is 11.8 Å². The molecule has 1 aliphatic heterocycles. The Morgan fingerprint density at radius 3 is 2.78 bits per heavy atom. The molecule has 0 aromatic heterocycles. The number of methoxy groups -OCH3 is 1. The van der Waals surface area contributed by atoms with E-state index in [9.17, 15) is 0 Å². The first-order valence-corrected chi connectivity index (χ1v) is 7.73. The Bertz CT molecular complexity index is 247. The topological polar surface area (TPSA) is 38.5 Å². The normalized spacial score (nSPS) is 38.2. The number of likely N-dealkylation sites (tertiary alicyclic amines) is 1. The Morgan fingerprint density at radius 2 is 2.11 bits per heavy atom. The van der Waals surface area contributed by atoms with Crippen molar-refractivity contribution in [3.63, 3.8) is 0 Å². The molecule has 0 aromatic carbocycles. The van der Waals surface area contributed by atoms with Crippen molar-refractivity contribution in [1.82, 2.24) is 4.90 Å². The minimum absolute atomic E-state index is 0.430. The third-order valence-electron chi connectivity index (χ3n) is 4.90. The van der Waals surface area contributed by atoms with Crippen LogP contribution in [0, 0.1) is 11.8 Å². The summed E-state index contributed by atoms with van der Waals surface area (Å²) in [7, 11) is 1.83. The highest BCUT2D eigenvalue weighted by atomic mass is 16.5. The molecule has 2 rings (SSSR count). The summed E-state index contributed by atoms with van der Waals surface area (Å²) < 4.78 is 5.44. The van der Waals surface area contributed by atoms with Crippen LogP contribution in [0.3, 0.4) is 0 Å². The van der Waals surface area contributed by atoms with Crippen molar-refractivity contribution in [2.45, 2.75) is 57.6 Å². The van der Waals surface area contributed by atoms with Crippen LogP contribution < -0.4 is 5.73 Å². The van der Waals surface area contributed by atoms with Gasteiger partial charge in [-0.3, -0.25) is 0 Å². The van der Waals surface area contributed by atoms with Crippen molar-refractivity contribution < 1.29 is 4.74 Å². The maximum atomic E-state index is 6.32. The van der Waals surface area contributed by atoms with Crippen molar-refractivity contribution in [3.05, 3.63) is 0 Å². The average molecular weight is 254 g/mol. The van der Waals surface area contributed by atoms with Gasteiger partial charge in [0.25, 0.3) is 0 Å². The number of ether oxygens (including phenoxy) is 1. The molecule has 1 saturated carbocycles. The summed E-state index contributed by atoms with van der Waals surface area (Å²) in [5.41, 5.74) is 6.32. The molecule has 2 N–H and O–H groups in total. The molecule has 0 bridgehead atoms. The molecule has 1 saturated heterocycles. The largest absolute Gasteiger partial charge is 0.380 e. The summed E-state index contributed by atoms with van der Waals surface area (Å²) in [6, 6.07) is 0.430. The molecule has 1 heterocycles. The van der Waals surface area contributed by atoms with E-state index in [0.717, 1.165) is 12.5 Å². The second-order valence-electron chi connectivity index (χ2n) is 6.30. The van der Waals surface area contributed by atoms with Gasteiger partial charge in [-0.15, -0.1) is 0 Å². The zero-order chi connectivity index (χ0) is 13.0. The van der Waals surface area contributed by atoms with Gasteiger partial charge in [-0.1, -0.05) is 19.8 Å². The van der Waals surface area contributed by atoms with Gasteiger partial charge < -0.3 is 15.4 Å². The van der Waals surface area contributed by atoms with Crippen LogP contribution in [0.4, 0.5) is 0 Å². The Hall–Kier alpha value is -0.120. The van der Waals surface area contributed by atoms with Crippen LogP contribution in [0.15, 0.2) is 0 Å². The molecule has 3 nitrogen and oxygen atoms in total. The molecule has 18 heavy (non-hydrogen) atoms. The SMILES string of the molecule is CCCC1CCC(N)C(CN2CCC(OC)C2)C1. The lowest BCUT2D eigenvalue weighted by molar-refractivity contribution is 0.0999. The molecule has 3 heteroatoms. The van der Waals surface area contributed by atoms with Crippen LogP contribution in [-0.2, 0) is 4.74 Å². The van der Waals surface area contributed by atoms with E-state index in [0.29, 0.717) is 18.1 Å². The van der Waals surface area contributed by atoms with Gasteiger partial charge in [-0.2, -0.15) is 0 Å². The monoisotopic (exact) mass is 254 g/mol. The minimum Gasteiger partial charge on any atom is -0.380 e. The lowest BCUT2D eigenvalue weighted by Gasteiger charge is -2.36. The van der Waals surface area contributed by atoms with E-state index >= 15 is 0 Å². The summed E-state index contributed by atoms with van der Waals surface area (Å²) in [5, 5.41) is 0. The number of nitrogens with zero attached hydrogens (tertiary/aromatic N) is 1. The highest BCUT2D eigenvalue weighted by molar-refractivity contribution is 4.86. The fourth-order valence-electron chi connectivity index (χ4n) is 3.75. The minimum atomic E-state index is 0.430. The maximum Gasteiger partial charge on any atom is 0.0710 e. The van der Waals surface area contributed by atoms with E-state index in [-0.39, 0.29) is 0 Å². The predicted molar refractivity (Wildman–Crippen MR) is 75.6 cm³/mol. The molecule has 2 aliphatic rings. The van der Waals surface area contributed by atoms with E-state index < -0.39 is 0 Å². The van der Waals surface area contributed by atoms with Crippen molar-refractivity contribution >= 4 is 0 Å². The second kappa shape index (κ2) is 6.88. The van der Waals surface area contributed by atoms with Crippen molar-refractivity contribution in [3.8, 4) is 0 Å². The molecule has 0 aromatic rings. The van der Waals surface area contributed by atoms with Crippen LogP contribution in [0.1, 0.15) is 45.4 Å². The number of hydrogen-bond donors (Lipinski definition) is 1. The van der Waals surface area contributed by atoms with Crippen molar-refractivity contribution in [1.29, 1.82) is 0 Å². The van der Waals surface area contributed by atoms with Gasteiger partial charge in [-0.25, -0.2) is 0 Å². The van der Waals surface area contributed by atoms with Gasteiger partial charge in [0.05, 0.1) is 6.10 Å². The van der Waals surface area contributed by atoms with Crippen LogP contribution in [0.2, 0.25) is 0 Å². The van der Waals surface area contributed by atoms with Gasteiger partial charge in [0.2, 0.25) is 0 Å². The van der Waals surface area contributed by atoms with Crippen LogP contribution in [0.25, 0.3) is 0 Å². The van der Waals surface area contributed by atoms with Crippen LogP contribution in [-0.4, -0.2) is 43.8 Å². The summed E-state index contributed by atoms with van der Waals surface area (Å²) in [6.07, 6.45) is 8.30. The Morgan fingerprint density at radius 1 is 1.28 bits per heavy atom. The zero-order valence-corrected chi connectivity index (χ0v) is 12.1. The number of hydrogen-bond acceptors (Lipinski definition) is 3. The Kier molecular flexibility index (Phi) is 5.46. The summed E-state index contributed by atoms with van der Waals surface area (Å²) in [4.78, 5) is 2.56. The highest BCUT2D eigenvalue weighted by Crippen LogP contribution is 2.32. The Labute approximate surface area is 112 Å². The Balaban J connectivity index is 1.79. The first-order valence-electron chi connectivity index (χ1n) is 7.73. The molecule has 4 unspecified atom stereocenters. The van der Waals surface area contributed by atoms with Crippen molar-refractivity contribution in [2.75, 3.05) is 26.7 Å². The summed E-state index contributed by atoms with van der Waals surface area (Å²) >= 11 is 0. The second-order valence-corrected chi connectivity index (χ2v) is 6.30. The van der Waals surface area contributed by atoms with Gasteiger partial charge in [0, 0.05) is 32.8 Å². The molecule has 4 atom stereocenters. The molecule has 106 valence electrons. The quantitative estimate of drug-likeness (QED) is 0.818. The summed E-state index contributed by atoms with van der Waals surface area (Å²) in [6.45, 7) is 5.80. The molecular formula is C15H30N2O. The number of nitrogens with two attached hydrogens (primary N) is 1. The highest BCUT2D eigenvalue weighted by Gasteiger charge is 2.31. The smallest absolute Gasteiger partial charge is 0.0710 e. The van der Waals surface area contributed by atoms with E-state index in [4.69, 9.17) is 10.5 Å². The lowest BCUT2D eigenvalue weighted by atomic mass is 9.76. The zero-order valence-electron chi connectivity index (χ0n) is 12.1. The third-order valence-corrected chi connectivity index (χ3v) is 4.90. The first kappa shape index (κ1) is 14.3. The standard InChI is InChI=1S/C15H30N2O/c1-3-4-12-5-6-15(16)13(9-12)10-17-8-7-14(11-17)18-2/h12-15H,3-11,16H2,1-2H3. The number of rotatable bonds is 5. The van der Waals surface area contributed by atoms with Gasteiger partial charge in [0.1, 0.15) is 0 Å². The van der Waals surface area contributed by atoms with Gasteiger partial charge in [-0.05, 0) is 37.5 Å². The molecule has 0 amide bonds. The molecule has 0 spiro atoms. The fraction of sp³-hybridized carbons (Fsp3) is 1.00. The van der Waals surface area contributed by atoms with Crippen LogP contribution in [0.5, 0.6) is 0 Å². The van der Waals surface area contributed by atoms with Gasteiger partial charge in [0.15, 0.2) is 0 Å². The first-order chi connectivity index (χ1) is 8.72. The average Bonchev–Trinajstić information content (AvgIpc) is 2.81. The van der Waals surface area contributed by atoms with Gasteiger partial charge >= 0.3 is 0 Å². The fourth-order valence-corrected chi connectivity index (χ4v) is 3.75. The molecule has 0 radical (unpaired) electrons. The van der Waals surface area contributed by atoms with Crippen LogP contribution >= 0.6 is 0 Å². The molecule has 1 aliphatic carbocycles. The predicted octanol–water partition coefficient (Wildman–Crippen LogP) is 2.25. The van der Waals surface area contributed by atoms with E-state index in [1.54, 1.807) is 0 Å². The lowest BCUT2D eigenvalue weighted by Crippen LogP contribution is -2.42. The van der Waals surface area contributed by atoms with E-state index in [1.165, 1.54) is 51.6 Å².